The first-order chi connectivity index (χ1) is 9.02. The van der Waals surface area contributed by atoms with E-state index in [1.54, 1.807) is 7.11 Å². The lowest BCUT2D eigenvalue weighted by Crippen LogP contribution is -2.28. The first-order valence-corrected chi connectivity index (χ1v) is 7.12. The monoisotopic (exact) mass is 263 g/mol. The molecule has 3 heteroatoms. The normalized spacial score (nSPS) is 23.2. The van der Waals surface area contributed by atoms with E-state index in [0.717, 1.165) is 31.4 Å². The van der Waals surface area contributed by atoms with Crippen LogP contribution in [0.2, 0.25) is 0 Å². The molecule has 0 aromatic heterocycles. The number of aliphatic hydroxyl groups excluding tert-OH is 1. The number of nitrogens with one attached hydrogen (secondary N) is 1. The topological polar surface area (TPSA) is 41.5 Å². The Labute approximate surface area is 116 Å². The number of ether oxygens (including phenoxy) is 1. The highest BCUT2D eigenvalue weighted by Gasteiger charge is 2.20. The van der Waals surface area contributed by atoms with E-state index < -0.39 is 0 Å². The number of rotatable bonds is 3. The maximum absolute atomic E-state index is 9.56. The summed E-state index contributed by atoms with van der Waals surface area (Å²) >= 11 is 0. The van der Waals surface area contributed by atoms with Crippen molar-refractivity contribution in [3.63, 3.8) is 0 Å². The van der Waals surface area contributed by atoms with Gasteiger partial charge < -0.3 is 15.2 Å². The molecule has 0 unspecified atom stereocenters. The first kappa shape index (κ1) is 14.2. The Balaban J connectivity index is 2.17. The van der Waals surface area contributed by atoms with Crippen molar-refractivity contribution in [3.05, 3.63) is 22.8 Å². The van der Waals surface area contributed by atoms with Crippen molar-refractivity contribution in [1.82, 2.24) is 0 Å². The largest absolute Gasteiger partial charge is 0.496 e. The fraction of sp³-hybridized carbons (Fsp3) is 0.625. The van der Waals surface area contributed by atoms with Gasteiger partial charge in [0.2, 0.25) is 0 Å². The zero-order chi connectivity index (χ0) is 14.0. The average molecular weight is 263 g/mol. The minimum atomic E-state index is -0.0986. The number of benzene rings is 1. The molecular formula is C16H25NO2. The van der Waals surface area contributed by atoms with Crippen LogP contribution >= 0.6 is 0 Å². The number of aryl methyl sites for hydroxylation is 1. The summed E-state index contributed by atoms with van der Waals surface area (Å²) in [7, 11) is 1.73. The molecular weight excluding hydrogens is 238 g/mol. The molecule has 1 aliphatic rings. The van der Waals surface area contributed by atoms with Crippen LogP contribution in [0.15, 0.2) is 6.07 Å². The van der Waals surface area contributed by atoms with Crippen LogP contribution in [-0.4, -0.2) is 24.4 Å². The highest BCUT2D eigenvalue weighted by Crippen LogP contribution is 2.33. The zero-order valence-corrected chi connectivity index (χ0v) is 12.4. The molecule has 0 saturated heterocycles. The van der Waals surface area contributed by atoms with Gasteiger partial charge in [-0.05, 0) is 69.2 Å². The second kappa shape index (κ2) is 5.83. The van der Waals surface area contributed by atoms with E-state index in [-0.39, 0.29) is 6.10 Å². The van der Waals surface area contributed by atoms with Crippen molar-refractivity contribution < 1.29 is 9.84 Å². The third-order valence-electron chi connectivity index (χ3n) is 4.29. The lowest BCUT2D eigenvalue weighted by molar-refractivity contribution is 0.126. The van der Waals surface area contributed by atoms with E-state index >= 15 is 0 Å². The van der Waals surface area contributed by atoms with Gasteiger partial charge in [0.15, 0.2) is 0 Å². The Bertz CT molecular complexity index is 449. The van der Waals surface area contributed by atoms with Gasteiger partial charge in [-0.15, -0.1) is 0 Å². The van der Waals surface area contributed by atoms with Crippen LogP contribution in [0.25, 0.3) is 0 Å². The minimum Gasteiger partial charge on any atom is -0.496 e. The van der Waals surface area contributed by atoms with Gasteiger partial charge in [0.05, 0.1) is 13.2 Å². The Morgan fingerprint density at radius 1 is 1.11 bits per heavy atom. The molecule has 1 aromatic rings. The fourth-order valence-electron chi connectivity index (χ4n) is 2.96. The highest BCUT2D eigenvalue weighted by atomic mass is 16.5. The van der Waals surface area contributed by atoms with Gasteiger partial charge in [-0.2, -0.15) is 0 Å². The Morgan fingerprint density at radius 2 is 1.74 bits per heavy atom. The number of hydrogen-bond donors (Lipinski definition) is 2. The quantitative estimate of drug-likeness (QED) is 0.879. The third-order valence-corrected chi connectivity index (χ3v) is 4.29. The molecule has 0 bridgehead atoms. The number of anilines is 1. The number of methoxy groups -OCH3 is 1. The van der Waals surface area contributed by atoms with Crippen LogP contribution < -0.4 is 10.1 Å². The van der Waals surface area contributed by atoms with Gasteiger partial charge in [-0.1, -0.05) is 0 Å². The predicted octanol–water partition coefficient (Wildman–Crippen LogP) is 3.34. The lowest BCUT2D eigenvalue weighted by Gasteiger charge is -2.28. The molecule has 0 spiro atoms. The van der Waals surface area contributed by atoms with E-state index in [1.807, 2.05) is 0 Å². The van der Waals surface area contributed by atoms with Gasteiger partial charge in [-0.25, -0.2) is 0 Å². The zero-order valence-electron chi connectivity index (χ0n) is 12.4. The van der Waals surface area contributed by atoms with E-state index in [0.29, 0.717) is 6.04 Å². The van der Waals surface area contributed by atoms with Crippen LogP contribution in [0.3, 0.4) is 0 Å². The van der Waals surface area contributed by atoms with Gasteiger partial charge in [-0.3, -0.25) is 0 Å². The smallest absolute Gasteiger partial charge is 0.125 e. The fourth-order valence-corrected chi connectivity index (χ4v) is 2.96. The summed E-state index contributed by atoms with van der Waals surface area (Å²) in [5.41, 5.74) is 4.84. The standard InChI is InChI=1S/C16H25NO2/c1-10-9-15(11(2)12(3)16(10)19-4)17-13-5-7-14(18)8-6-13/h9,13-14,17-18H,5-8H2,1-4H3. The molecule has 106 valence electrons. The van der Waals surface area contributed by atoms with Crippen LogP contribution in [0.1, 0.15) is 42.4 Å². The molecule has 1 fully saturated rings. The molecule has 1 saturated carbocycles. The summed E-state index contributed by atoms with van der Waals surface area (Å²) in [5, 5.41) is 13.2. The molecule has 1 aromatic carbocycles. The molecule has 0 aliphatic heterocycles. The maximum Gasteiger partial charge on any atom is 0.125 e. The van der Waals surface area contributed by atoms with Crippen molar-refractivity contribution in [2.75, 3.05) is 12.4 Å². The minimum absolute atomic E-state index is 0.0986. The third kappa shape index (κ3) is 3.03. The summed E-state index contributed by atoms with van der Waals surface area (Å²) in [6.45, 7) is 6.33. The second-order valence-electron chi connectivity index (χ2n) is 5.67. The maximum atomic E-state index is 9.56. The van der Waals surface area contributed by atoms with Gasteiger partial charge in [0.1, 0.15) is 5.75 Å². The predicted molar refractivity (Wildman–Crippen MR) is 79.1 cm³/mol. The van der Waals surface area contributed by atoms with Crippen molar-refractivity contribution >= 4 is 5.69 Å². The van der Waals surface area contributed by atoms with E-state index in [4.69, 9.17) is 4.74 Å². The molecule has 0 heterocycles. The lowest BCUT2D eigenvalue weighted by atomic mass is 9.92. The summed E-state index contributed by atoms with van der Waals surface area (Å²) < 4.78 is 5.45. The van der Waals surface area contributed by atoms with Crippen molar-refractivity contribution in [3.8, 4) is 5.75 Å². The number of hydrogen-bond acceptors (Lipinski definition) is 3. The summed E-state index contributed by atoms with van der Waals surface area (Å²) in [4.78, 5) is 0. The number of aliphatic hydroxyl groups is 1. The Hall–Kier alpha value is -1.22. The van der Waals surface area contributed by atoms with Gasteiger partial charge in [0.25, 0.3) is 0 Å². The van der Waals surface area contributed by atoms with Crippen molar-refractivity contribution in [1.29, 1.82) is 0 Å². The Morgan fingerprint density at radius 3 is 2.32 bits per heavy atom. The second-order valence-corrected chi connectivity index (χ2v) is 5.67. The van der Waals surface area contributed by atoms with E-state index in [1.165, 1.54) is 22.4 Å². The average Bonchev–Trinajstić information content (AvgIpc) is 2.39. The molecule has 19 heavy (non-hydrogen) atoms. The highest BCUT2D eigenvalue weighted by molar-refractivity contribution is 5.61. The Kier molecular flexibility index (Phi) is 4.35. The van der Waals surface area contributed by atoms with Crippen LogP contribution in [-0.2, 0) is 0 Å². The molecule has 3 nitrogen and oxygen atoms in total. The summed E-state index contributed by atoms with van der Waals surface area (Å²) in [6, 6.07) is 2.65. The van der Waals surface area contributed by atoms with Crippen molar-refractivity contribution in [2.45, 2.75) is 58.6 Å². The summed E-state index contributed by atoms with van der Waals surface area (Å²) in [6.07, 6.45) is 3.81. The van der Waals surface area contributed by atoms with Gasteiger partial charge in [0, 0.05) is 11.7 Å². The van der Waals surface area contributed by atoms with Crippen LogP contribution in [0, 0.1) is 20.8 Å². The molecule has 2 N–H and O–H groups in total. The molecule has 0 amide bonds. The molecule has 0 radical (unpaired) electrons. The van der Waals surface area contributed by atoms with Gasteiger partial charge >= 0.3 is 0 Å². The molecule has 2 rings (SSSR count). The van der Waals surface area contributed by atoms with E-state index in [9.17, 15) is 5.11 Å². The van der Waals surface area contributed by atoms with Crippen LogP contribution in [0.4, 0.5) is 5.69 Å². The van der Waals surface area contributed by atoms with E-state index in [2.05, 4.69) is 32.2 Å². The first-order valence-electron chi connectivity index (χ1n) is 7.12. The van der Waals surface area contributed by atoms with Crippen molar-refractivity contribution in [2.24, 2.45) is 0 Å². The molecule has 1 aliphatic carbocycles. The SMILES string of the molecule is COc1c(C)cc(NC2CCC(O)CC2)c(C)c1C. The summed E-state index contributed by atoms with van der Waals surface area (Å²) in [5.74, 6) is 0.988. The molecule has 0 atom stereocenters. The van der Waals surface area contributed by atoms with Crippen LogP contribution in [0.5, 0.6) is 5.75 Å².